The van der Waals surface area contributed by atoms with Crippen LogP contribution in [0.15, 0.2) is 18.3 Å². The first kappa shape index (κ1) is 15.1. The van der Waals surface area contributed by atoms with Crippen molar-refractivity contribution in [3.8, 4) is 0 Å². The van der Waals surface area contributed by atoms with Crippen molar-refractivity contribution in [1.29, 1.82) is 0 Å². The van der Waals surface area contributed by atoms with Crippen LogP contribution in [0, 0.1) is 5.41 Å². The molecule has 1 aromatic heterocycles. The summed E-state index contributed by atoms with van der Waals surface area (Å²) in [6.45, 7) is 6.41. The molecule has 1 rings (SSSR count). The molecule has 104 valence electrons. The van der Waals surface area contributed by atoms with Crippen LogP contribution in [0.25, 0.3) is 0 Å². The molecule has 1 amide bonds. The predicted molar refractivity (Wildman–Crippen MR) is 73.1 cm³/mol. The molecule has 0 fully saturated rings. The second-order valence-electron chi connectivity index (χ2n) is 5.70. The summed E-state index contributed by atoms with van der Waals surface area (Å²) in [5, 5.41) is 11.4. The number of aromatic nitrogens is 1. The Morgan fingerprint density at radius 2 is 2.00 bits per heavy atom. The zero-order chi connectivity index (χ0) is 14.5. The van der Waals surface area contributed by atoms with Crippen LogP contribution in [-0.2, 0) is 4.79 Å². The zero-order valence-electron chi connectivity index (χ0n) is 11.6. The maximum absolute atomic E-state index is 11.6. The monoisotopic (exact) mass is 264 g/mol. The number of nitrogens with one attached hydrogen (secondary N) is 1. The molecular formula is C14H20N2O3. The van der Waals surface area contributed by atoms with Gasteiger partial charge in [0.05, 0.1) is 5.56 Å². The Morgan fingerprint density at radius 1 is 1.32 bits per heavy atom. The van der Waals surface area contributed by atoms with E-state index in [0.29, 0.717) is 12.2 Å². The first-order valence-electron chi connectivity index (χ1n) is 6.27. The SMILES string of the molecule is CC(C)(C)CCCC(=O)Nc1ccc(C(=O)O)cn1. The average Bonchev–Trinajstić information content (AvgIpc) is 2.27. The van der Waals surface area contributed by atoms with Crippen molar-refractivity contribution in [3.63, 3.8) is 0 Å². The molecule has 0 saturated heterocycles. The summed E-state index contributed by atoms with van der Waals surface area (Å²) in [7, 11) is 0. The van der Waals surface area contributed by atoms with Crippen LogP contribution >= 0.6 is 0 Å². The lowest BCUT2D eigenvalue weighted by atomic mass is 9.90. The fourth-order valence-electron chi connectivity index (χ4n) is 1.58. The van der Waals surface area contributed by atoms with Gasteiger partial charge in [-0.15, -0.1) is 0 Å². The Kier molecular flexibility index (Phi) is 5.03. The van der Waals surface area contributed by atoms with E-state index in [2.05, 4.69) is 31.1 Å². The molecule has 0 saturated carbocycles. The van der Waals surface area contributed by atoms with Gasteiger partial charge in [-0.1, -0.05) is 20.8 Å². The number of carboxylic acid groups (broad SMARTS) is 1. The standard InChI is InChI=1S/C14H20N2O3/c1-14(2,3)8-4-5-12(17)16-11-7-6-10(9-15-11)13(18)19/h6-7,9H,4-5,8H2,1-3H3,(H,18,19)(H,15,16,17). The van der Waals surface area contributed by atoms with Crippen molar-refractivity contribution in [3.05, 3.63) is 23.9 Å². The number of aromatic carboxylic acids is 1. The molecule has 0 radical (unpaired) electrons. The Morgan fingerprint density at radius 3 is 2.47 bits per heavy atom. The molecule has 0 unspecified atom stereocenters. The third-order valence-corrected chi connectivity index (χ3v) is 2.61. The minimum absolute atomic E-state index is 0.0974. The van der Waals surface area contributed by atoms with Gasteiger partial charge in [-0.25, -0.2) is 9.78 Å². The molecule has 0 bridgehead atoms. The predicted octanol–water partition coefficient (Wildman–Crippen LogP) is 2.93. The summed E-state index contributed by atoms with van der Waals surface area (Å²) in [5.74, 6) is -0.749. The van der Waals surface area contributed by atoms with Crippen LogP contribution in [-0.4, -0.2) is 22.0 Å². The molecule has 0 aromatic carbocycles. The Labute approximate surface area is 113 Å². The maximum Gasteiger partial charge on any atom is 0.337 e. The Bertz CT molecular complexity index is 447. The second-order valence-corrected chi connectivity index (χ2v) is 5.70. The molecule has 1 heterocycles. The van der Waals surface area contributed by atoms with E-state index in [1.807, 2.05) is 0 Å². The van der Waals surface area contributed by atoms with Crippen LogP contribution < -0.4 is 5.32 Å². The van der Waals surface area contributed by atoms with Crippen LogP contribution in [0.1, 0.15) is 50.4 Å². The minimum Gasteiger partial charge on any atom is -0.478 e. The third-order valence-electron chi connectivity index (χ3n) is 2.61. The molecule has 0 aliphatic rings. The molecule has 0 spiro atoms. The minimum atomic E-state index is -1.03. The van der Waals surface area contributed by atoms with E-state index in [1.54, 1.807) is 0 Å². The van der Waals surface area contributed by atoms with Crippen LogP contribution in [0.5, 0.6) is 0 Å². The van der Waals surface area contributed by atoms with Gasteiger partial charge in [-0.3, -0.25) is 4.79 Å². The number of carbonyl (C=O) groups is 2. The van der Waals surface area contributed by atoms with E-state index in [-0.39, 0.29) is 16.9 Å². The van der Waals surface area contributed by atoms with E-state index in [1.165, 1.54) is 18.3 Å². The van der Waals surface area contributed by atoms with E-state index in [9.17, 15) is 9.59 Å². The van der Waals surface area contributed by atoms with Crippen molar-refractivity contribution in [2.75, 3.05) is 5.32 Å². The highest BCUT2D eigenvalue weighted by Crippen LogP contribution is 2.21. The molecule has 0 aliphatic carbocycles. The van der Waals surface area contributed by atoms with E-state index >= 15 is 0 Å². The number of rotatable bonds is 5. The summed E-state index contributed by atoms with van der Waals surface area (Å²) >= 11 is 0. The topological polar surface area (TPSA) is 79.3 Å². The number of pyridine rings is 1. The van der Waals surface area contributed by atoms with Crippen molar-refractivity contribution >= 4 is 17.7 Å². The summed E-state index contributed by atoms with van der Waals surface area (Å²) in [5.41, 5.74) is 0.326. The van der Waals surface area contributed by atoms with E-state index in [0.717, 1.165) is 12.8 Å². The summed E-state index contributed by atoms with van der Waals surface area (Å²) in [6.07, 6.45) is 3.47. The van der Waals surface area contributed by atoms with Gasteiger partial charge in [0.2, 0.25) is 5.91 Å². The lowest BCUT2D eigenvalue weighted by Crippen LogP contribution is -2.14. The summed E-state index contributed by atoms with van der Waals surface area (Å²) < 4.78 is 0. The number of carboxylic acids is 1. The van der Waals surface area contributed by atoms with Crippen molar-refractivity contribution < 1.29 is 14.7 Å². The first-order chi connectivity index (χ1) is 8.78. The molecule has 0 aliphatic heterocycles. The highest BCUT2D eigenvalue weighted by atomic mass is 16.4. The largest absolute Gasteiger partial charge is 0.478 e. The quantitative estimate of drug-likeness (QED) is 0.857. The lowest BCUT2D eigenvalue weighted by molar-refractivity contribution is -0.116. The number of amides is 1. The smallest absolute Gasteiger partial charge is 0.337 e. The van der Waals surface area contributed by atoms with Gasteiger partial charge in [0.15, 0.2) is 0 Å². The number of hydrogen-bond donors (Lipinski definition) is 2. The van der Waals surface area contributed by atoms with Gasteiger partial charge in [-0.05, 0) is 30.4 Å². The lowest BCUT2D eigenvalue weighted by Gasteiger charge is -2.17. The molecule has 1 aromatic rings. The number of carbonyl (C=O) groups excluding carboxylic acids is 1. The average molecular weight is 264 g/mol. The zero-order valence-corrected chi connectivity index (χ0v) is 11.6. The third kappa shape index (κ3) is 5.99. The van der Waals surface area contributed by atoms with Gasteiger partial charge in [0.1, 0.15) is 5.82 Å². The maximum atomic E-state index is 11.6. The van der Waals surface area contributed by atoms with Crippen LogP contribution in [0.2, 0.25) is 0 Å². The highest BCUT2D eigenvalue weighted by molar-refractivity contribution is 5.91. The van der Waals surface area contributed by atoms with Crippen LogP contribution in [0.4, 0.5) is 5.82 Å². The number of anilines is 1. The van der Waals surface area contributed by atoms with Crippen molar-refractivity contribution in [2.45, 2.75) is 40.0 Å². The van der Waals surface area contributed by atoms with Gasteiger partial charge in [0, 0.05) is 12.6 Å². The van der Waals surface area contributed by atoms with Crippen LogP contribution in [0.3, 0.4) is 0 Å². The molecule has 2 N–H and O–H groups in total. The summed E-state index contributed by atoms with van der Waals surface area (Å²) in [6, 6.07) is 2.91. The normalized spacial score (nSPS) is 11.1. The Hall–Kier alpha value is -1.91. The highest BCUT2D eigenvalue weighted by Gasteiger charge is 2.11. The molecule has 0 atom stereocenters. The fourth-order valence-corrected chi connectivity index (χ4v) is 1.58. The van der Waals surface area contributed by atoms with Crippen molar-refractivity contribution in [1.82, 2.24) is 4.98 Å². The number of hydrogen-bond acceptors (Lipinski definition) is 3. The van der Waals surface area contributed by atoms with Gasteiger partial charge in [0.25, 0.3) is 0 Å². The molecule has 19 heavy (non-hydrogen) atoms. The van der Waals surface area contributed by atoms with Gasteiger partial charge < -0.3 is 10.4 Å². The van der Waals surface area contributed by atoms with Crippen molar-refractivity contribution in [2.24, 2.45) is 5.41 Å². The molecule has 5 nitrogen and oxygen atoms in total. The van der Waals surface area contributed by atoms with E-state index in [4.69, 9.17) is 5.11 Å². The fraction of sp³-hybridized carbons (Fsp3) is 0.500. The van der Waals surface area contributed by atoms with E-state index < -0.39 is 5.97 Å². The number of nitrogens with zero attached hydrogens (tertiary/aromatic N) is 1. The summed E-state index contributed by atoms with van der Waals surface area (Å²) in [4.78, 5) is 26.2. The van der Waals surface area contributed by atoms with Gasteiger partial charge >= 0.3 is 5.97 Å². The second kappa shape index (κ2) is 6.31. The molecular weight excluding hydrogens is 244 g/mol. The molecule has 5 heteroatoms. The Balaban J connectivity index is 2.42. The first-order valence-corrected chi connectivity index (χ1v) is 6.27. The van der Waals surface area contributed by atoms with Gasteiger partial charge in [-0.2, -0.15) is 0 Å².